The molecule has 0 aliphatic heterocycles. The van der Waals surface area contributed by atoms with Gasteiger partial charge in [-0.25, -0.2) is 0 Å². The van der Waals surface area contributed by atoms with E-state index in [1.54, 1.807) is 0 Å². The topological polar surface area (TPSA) is 71.4 Å². The van der Waals surface area contributed by atoms with Crippen LogP contribution >= 0.6 is 0 Å². The molecule has 0 aliphatic rings. The standard InChI is InChI=1S/C4H5O2.C2H4O2/c1-4(6)2-3-5;1-2(3)4/h2H2,1H3;1H3,(H,3,4). The molecule has 0 aromatic carbocycles. The van der Waals surface area contributed by atoms with Crippen molar-refractivity contribution in [1.29, 1.82) is 0 Å². The first kappa shape index (κ1) is 11.6. The summed E-state index contributed by atoms with van der Waals surface area (Å²) in [5.74, 6) is -0.968. The number of Topliss-reactive ketones (excluding diaryl/α,β-unsaturated/α-hetero) is 1. The molecule has 57 valence electrons. The average molecular weight is 145 g/mol. The molecule has 0 saturated heterocycles. The van der Waals surface area contributed by atoms with Gasteiger partial charge in [-0.3, -0.25) is 14.4 Å². The van der Waals surface area contributed by atoms with Crippen LogP contribution in [0, 0.1) is 0 Å². The van der Waals surface area contributed by atoms with Gasteiger partial charge in [-0.1, -0.05) is 0 Å². The highest BCUT2D eigenvalue weighted by Gasteiger charge is 1.85. The first-order valence-electron chi connectivity index (χ1n) is 2.54. The van der Waals surface area contributed by atoms with Crippen LogP contribution in [0.3, 0.4) is 0 Å². The number of hydrogen-bond donors (Lipinski definition) is 1. The highest BCUT2D eigenvalue weighted by molar-refractivity contribution is 5.87. The van der Waals surface area contributed by atoms with Crippen molar-refractivity contribution < 1.29 is 19.5 Å². The molecule has 0 aromatic heterocycles. The van der Waals surface area contributed by atoms with Crippen LogP contribution in [0.25, 0.3) is 0 Å². The molecule has 0 rings (SSSR count). The molecule has 0 heterocycles. The molecule has 10 heavy (non-hydrogen) atoms. The third-order valence-electron chi connectivity index (χ3n) is 0.321. The molecule has 1 radical (unpaired) electrons. The van der Waals surface area contributed by atoms with E-state index in [-0.39, 0.29) is 12.2 Å². The van der Waals surface area contributed by atoms with E-state index in [1.807, 2.05) is 0 Å². The Morgan fingerprint density at radius 3 is 1.70 bits per heavy atom. The molecular weight excluding hydrogens is 136 g/mol. The molecular formula is C6H9O4. The summed E-state index contributed by atoms with van der Waals surface area (Å²) in [6, 6.07) is 0. The largest absolute Gasteiger partial charge is 0.481 e. The van der Waals surface area contributed by atoms with E-state index in [0.717, 1.165) is 6.92 Å². The Morgan fingerprint density at radius 1 is 1.40 bits per heavy atom. The Morgan fingerprint density at radius 2 is 1.70 bits per heavy atom. The predicted octanol–water partition coefficient (Wildman–Crippen LogP) is 0.166. The van der Waals surface area contributed by atoms with E-state index in [2.05, 4.69) is 0 Å². The van der Waals surface area contributed by atoms with Gasteiger partial charge in [0.15, 0.2) is 0 Å². The summed E-state index contributed by atoms with van der Waals surface area (Å²) < 4.78 is 0. The monoisotopic (exact) mass is 145 g/mol. The van der Waals surface area contributed by atoms with Crippen LogP contribution in [0.15, 0.2) is 0 Å². The van der Waals surface area contributed by atoms with Crippen LogP contribution in [0.1, 0.15) is 20.3 Å². The second-order valence-corrected chi connectivity index (χ2v) is 1.54. The zero-order chi connectivity index (χ0) is 8.57. The van der Waals surface area contributed by atoms with Crippen molar-refractivity contribution in [2.75, 3.05) is 0 Å². The van der Waals surface area contributed by atoms with Crippen molar-refractivity contribution >= 4 is 18.0 Å². The molecule has 0 saturated carbocycles. The maximum atomic E-state index is 9.78. The van der Waals surface area contributed by atoms with Gasteiger partial charge in [-0.05, 0) is 6.92 Å². The Balaban J connectivity index is 0. The van der Waals surface area contributed by atoms with Gasteiger partial charge in [0.1, 0.15) is 5.78 Å². The number of rotatable bonds is 2. The summed E-state index contributed by atoms with van der Waals surface area (Å²) in [5.41, 5.74) is 0. The number of aliphatic carboxylic acids is 1. The Hall–Kier alpha value is -1.19. The van der Waals surface area contributed by atoms with Crippen LogP contribution in [0.4, 0.5) is 0 Å². The summed E-state index contributed by atoms with van der Waals surface area (Å²) in [6.07, 6.45) is 1.40. The molecule has 0 atom stereocenters. The highest BCUT2D eigenvalue weighted by Crippen LogP contribution is 1.69. The SMILES string of the molecule is CC(=O)C[C]=O.CC(=O)O. The van der Waals surface area contributed by atoms with Gasteiger partial charge in [-0.15, -0.1) is 0 Å². The first-order valence-corrected chi connectivity index (χ1v) is 2.54. The minimum Gasteiger partial charge on any atom is -0.481 e. The van der Waals surface area contributed by atoms with E-state index in [1.165, 1.54) is 13.2 Å². The highest BCUT2D eigenvalue weighted by atomic mass is 16.4. The number of carbonyl (C=O) groups excluding carboxylic acids is 2. The second-order valence-electron chi connectivity index (χ2n) is 1.54. The van der Waals surface area contributed by atoms with Crippen LogP contribution < -0.4 is 0 Å². The van der Waals surface area contributed by atoms with Gasteiger partial charge in [0.05, 0.1) is 6.42 Å². The van der Waals surface area contributed by atoms with Crippen LogP contribution in [0.5, 0.6) is 0 Å². The van der Waals surface area contributed by atoms with Gasteiger partial charge in [-0.2, -0.15) is 0 Å². The molecule has 4 heteroatoms. The van der Waals surface area contributed by atoms with Crippen molar-refractivity contribution in [2.45, 2.75) is 20.3 Å². The third-order valence-corrected chi connectivity index (χ3v) is 0.321. The fraction of sp³-hybridized carbons (Fsp3) is 0.500. The van der Waals surface area contributed by atoms with Crippen molar-refractivity contribution in [3.05, 3.63) is 0 Å². The molecule has 0 aliphatic carbocycles. The van der Waals surface area contributed by atoms with Crippen LogP contribution in [0.2, 0.25) is 0 Å². The van der Waals surface area contributed by atoms with Gasteiger partial charge >= 0.3 is 0 Å². The minimum atomic E-state index is -0.833. The number of carboxylic acid groups (broad SMARTS) is 1. The first-order chi connectivity index (χ1) is 4.50. The normalized spacial score (nSPS) is 7.00. The van der Waals surface area contributed by atoms with E-state index >= 15 is 0 Å². The summed E-state index contributed by atoms with van der Waals surface area (Å²) in [7, 11) is 0. The molecule has 1 N–H and O–H groups in total. The third kappa shape index (κ3) is 70.2. The maximum Gasteiger partial charge on any atom is 0.300 e. The second kappa shape index (κ2) is 7.81. The quantitative estimate of drug-likeness (QED) is 0.562. The maximum absolute atomic E-state index is 9.78. The summed E-state index contributed by atoms with van der Waals surface area (Å²) >= 11 is 0. The minimum absolute atomic E-state index is 0.0694. The van der Waals surface area contributed by atoms with E-state index in [0.29, 0.717) is 0 Å². The van der Waals surface area contributed by atoms with Crippen molar-refractivity contribution in [3.63, 3.8) is 0 Å². The lowest BCUT2D eigenvalue weighted by Crippen LogP contribution is -1.87. The van der Waals surface area contributed by atoms with Crippen molar-refractivity contribution in [2.24, 2.45) is 0 Å². The fourth-order valence-corrected chi connectivity index (χ4v) is 0.102. The lowest BCUT2D eigenvalue weighted by Gasteiger charge is -1.70. The smallest absolute Gasteiger partial charge is 0.300 e. The Kier molecular flexibility index (Phi) is 9.05. The number of hydrogen-bond acceptors (Lipinski definition) is 3. The number of carboxylic acids is 1. The van der Waals surface area contributed by atoms with Crippen LogP contribution in [-0.4, -0.2) is 23.1 Å². The average Bonchev–Trinajstić information content (AvgIpc) is 1.62. The molecule has 0 bridgehead atoms. The molecule has 4 nitrogen and oxygen atoms in total. The molecule has 0 amide bonds. The van der Waals surface area contributed by atoms with Crippen molar-refractivity contribution in [3.8, 4) is 0 Å². The number of carbonyl (C=O) groups is 2. The molecule has 0 aromatic rings. The predicted molar refractivity (Wildman–Crippen MR) is 34.3 cm³/mol. The number of ketones is 1. The summed E-state index contributed by atoms with van der Waals surface area (Å²) in [5, 5.41) is 7.42. The van der Waals surface area contributed by atoms with E-state index in [9.17, 15) is 9.59 Å². The van der Waals surface area contributed by atoms with Gasteiger partial charge < -0.3 is 5.11 Å². The summed E-state index contributed by atoms with van der Waals surface area (Å²) in [4.78, 5) is 28.1. The molecule has 0 spiro atoms. The van der Waals surface area contributed by atoms with Crippen molar-refractivity contribution in [1.82, 2.24) is 0 Å². The van der Waals surface area contributed by atoms with Gasteiger partial charge in [0.25, 0.3) is 5.97 Å². The Bertz CT molecular complexity index is 124. The van der Waals surface area contributed by atoms with E-state index < -0.39 is 5.97 Å². The van der Waals surface area contributed by atoms with Crippen LogP contribution in [-0.2, 0) is 14.4 Å². The van der Waals surface area contributed by atoms with E-state index in [4.69, 9.17) is 9.90 Å². The lowest BCUT2D eigenvalue weighted by molar-refractivity contribution is -0.134. The van der Waals surface area contributed by atoms with Gasteiger partial charge in [0.2, 0.25) is 6.29 Å². The molecule has 0 unspecified atom stereocenters. The zero-order valence-corrected chi connectivity index (χ0v) is 5.88. The zero-order valence-electron chi connectivity index (χ0n) is 5.88. The molecule has 0 fully saturated rings. The van der Waals surface area contributed by atoms with Gasteiger partial charge in [0, 0.05) is 6.92 Å². The Labute approximate surface area is 58.8 Å². The fourth-order valence-electron chi connectivity index (χ4n) is 0.102. The summed E-state index contributed by atoms with van der Waals surface area (Å²) in [6.45, 7) is 2.44. The lowest BCUT2D eigenvalue weighted by atomic mass is 10.3.